The molecule has 3 nitrogen and oxygen atoms in total. The van der Waals surface area contributed by atoms with E-state index in [1.807, 2.05) is 13.1 Å². The van der Waals surface area contributed by atoms with Gasteiger partial charge in [-0.05, 0) is 18.1 Å². The number of anilines is 1. The first-order valence-electron chi connectivity index (χ1n) is 4.34. The first-order valence-corrected chi connectivity index (χ1v) is 4.34. The van der Waals surface area contributed by atoms with Crippen molar-refractivity contribution < 1.29 is 9.84 Å². The average Bonchev–Trinajstić information content (AvgIpc) is 2.49. The number of rotatable bonds is 1. The van der Waals surface area contributed by atoms with Gasteiger partial charge in [0.1, 0.15) is 0 Å². The van der Waals surface area contributed by atoms with Crippen LogP contribution in [0.4, 0.5) is 5.69 Å². The molecular weight excluding hydrogens is 166 g/mol. The van der Waals surface area contributed by atoms with Crippen LogP contribution < -0.4 is 9.64 Å². The van der Waals surface area contributed by atoms with E-state index in [1.54, 1.807) is 13.2 Å². The number of methoxy groups -OCH3 is 1. The van der Waals surface area contributed by atoms with Crippen LogP contribution in [0.5, 0.6) is 11.5 Å². The van der Waals surface area contributed by atoms with Gasteiger partial charge in [0, 0.05) is 13.6 Å². The highest BCUT2D eigenvalue weighted by Gasteiger charge is 2.22. The summed E-state index contributed by atoms with van der Waals surface area (Å²) in [5.74, 6) is 0.813. The van der Waals surface area contributed by atoms with Gasteiger partial charge >= 0.3 is 0 Å². The Balaban J connectivity index is 2.60. The van der Waals surface area contributed by atoms with Crippen LogP contribution in [0.2, 0.25) is 0 Å². The lowest BCUT2D eigenvalue weighted by Gasteiger charge is -2.16. The molecule has 1 aliphatic rings. The normalized spacial score (nSPS) is 14.5. The summed E-state index contributed by atoms with van der Waals surface area (Å²) in [7, 11) is 3.59. The van der Waals surface area contributed by atoms with Gasteiger partial charge < -0.3 is 14.7 Å². The van der Waals surface area contributed by atoms with Gasteiger partial charge in [-0.25, -0.2) is 0 Å². The molecule has 0 aromatic heterocycles. The molecule has 1 aromatic rings. The third-order valence-corrected chi connectivity index (χ3v) is 2.50. The van der Waals surface area contributed by atoms with Gasteiger partial charge in [-0.3, -0.25) is 0 Å². The molecule has 0 fully saturated rings. The first-order chi connectivity index (χ1) is 6.24. The van der Waals surface area contributed by atoms with Gasteiger partial charge in [-0.1, -0.05) is 6.07 Å². The smallest absolute Gasteiger partial charge is 0.184 e. The largest absolute Gasteiger partial charge is 0.504 e. The number of fused-ring (bicyclic) bond motifs is 1. The van der Waals surface area contributed by atoms with Crippen LogP contribution in [-0.2, 0) is 6.42 Å². The fourth-order valence-corrected chi connectivity index (χ4v) is 1.82. The standard InChI is InChI=1S/C10H13NO2/c1-11-6-5-7-3-4-8(12)10(13-2)9(7)11/h3-4,12H,5-6H2,1-2H3. The molecular formula is C10H13NO2. The van der Waals surface area contributed by atoms with Crippen LogP contribution in [0.25, 0.3) is 0 Å². The number of nitrogens with zero attached hydrogens (tertiary/aromatic N) is 1. The Morgan fingerprint density at radius 3 is 2.92 bits per heavy atom. The molecule has 0 aliphatic carbocycles. The van der Waals surface area contributed by atoms with Crippen LogP contribution >= 0.6 is 0 Å². The summed E-state index contributed by atoms with van der Waals surface area (Å²) >= 11 is 0. The number of hydrogen-bond donors (Lipinski definition) is 1. The molecule has 13 heavy (non-hydrogen) atoms. The minimum absolute atomic E-state index is 0.218. The Bertz CT molecular complexity index is 336. The van der Waals surface area contributed by atoms with Crippen LogP contribution in [0, 0.1) is 0 Å². The van der Waals surface area contributed by atoms with Crippen molar-refractivity contribution in [2.45, 2.75) is 6.42 Å². The predicted octanol–water partition coefficient (Wildman–Crippen LogP) is 1.39. The number of phenolic OH excluding ortho intramolecular Hbond substituents is 1. The van der Waals surface area contributed by atoms with Crippen molar-refractivity contribution in [3.8, 4) is 11.5 Å². The fourth-order valence-electron chi connectivity index (χ4n) is 1.82. The molecule has 0 bridgehead atoms. The van der Waals surface area contributed by atoms with Crippen molar-refractivity contribution in [2.75, 3.05) is 25.6 Å². The van der Waals surface area contributed by atoms with Gasteiger partial charge in [0.05, 0.1) is 12.8 Å². The molecule has 0 radical (unpaired) electrons. The molecule has 0 saturated carbocycles. The molecule has 1 heterocycles. The molecule has 1 aliphatic heterocycles. The SMILES string of the molecule is COc1c(O)ccc2c1N(C)CC2. The van der Waals surface area contributed by atoms with Crippen molar-refractivity contribution in [2.24, 2.45) is 0 Å². The summed E-state index contributed by atoms with van der Waals surface area (Å²) < 4.78 is 5.17. The molecule has 70 valence electrons. The zero-order valence-electron chi connectivity index (χ0n) is 7.87. The summed E-state index contributed by atoms with van der Waals surface area (Å²) in [6.07, 6.45) is 1.03. The Labute approximate surface area is 77.6 Å². The van der Waals surface area contributed by atoms with Gasteiger partial charge in [0.25, 0.3) is 0 Å². The molecule has 0 amide bonds. The van der Waals surface area contributed by atoms with E-state index in [4.69, 9.17) is 4.74 Å². The minimum atomic E-state index is 0.218. The van der Waals surface area contributed by atoms with Gasteiger partial charge in [-0.2, -0.15) is 0 Å². The van der Waals surface area contributed by atoms with Crippen LogP contribution in [-0.4, -0.2) is 25.8 Å². The highest BCUT2D eigenvalue weighted by atomic mass is 16.5. The van der Waals surface area contributed by atoms with E-state index in [-0.39, 0.29) is 5.75 Å². The van der Waals surface area contributed by atoms with Crippen molar-refractivity contribution in [1.82, 2.24) is 0 Å². The maximum atomic E-state index is 9.54. The third-order valence-electron chi connectivity index (χ3n) is 2.50. The summed E-state index contributed by atoms with van der Waals surface area (Å²) in [6.45, 7) is 0.995. The lowest BCUT2D eigenvalue weighted by molar-refractivity contribution is 0.374. The van der Waals surface area contributed by atoms with Crippen molar-refractivity contribution in [1.29, 1.82) is 0 Å². The van der Waals surface area contributed by atoms with E-state index < -0.39 is 0 Å². The van der Waals surface area contributed by atoms with Crippen LogP contribution in [0.3, 0.4) is 0 Å². The van der Waals surface area contributed by atoms with Gasteiger partial charge in [-0.15, -0.1) is 0 Å². The maximum Gasteiger partial charge on any atom is 0.184 e. The molecule has 1 N–H and O–H groups in total. The Morgan fingerprint density at radius 2 is 2.23 bits per heavy atom. The van der Waals surface area contributed by atoms with Crippen molar-refractivity contribution in [3.63, 3.8) is 0 Å². The molecule has 0 atom stereocenters. The Morgan fingerprint density at radius 1 is 1.46 bits per heavy atom. The molecule has 0 saturated heterocycles. The zero-order chi connectivity index (χ0) is 9.42. The Hall–Kier alpha value is -1.38. The second-order valence-corrected chi connectivity index (χ2v) is 3.30. The number of hydrogen-bond acceptors (Lipinski definition) is 3. The number of aromatic hydroxyl groups is 1. The highest BCUT2D eigenvalue weighted by Crippen LogP contribution is 2.42. The van der Waals surface area contributed by atoms with E-state index in [0.717, 1.165) is 18.7 Å². The second kappa shape index (κ2) is 2.83. The minimum Gasteiger partial charge on any atom is -0.504 e. The second-order valence-electron chi connectivity index (χ2n) is 3.30. The average molecular weight is 179 g/mol. The lowest BCUT2D eigenvalue weighted by Crippen LogP contribution is -2.13. The van der Waals surface area contributed by atoms with E-state index in [9.17, 15) is 5.11 Å². The van der Waals surface area contributed by atoms with E-state index in [2.05, 4.69) is 4.90 Å². The molecule has 1 aromatic carbocycles. The first kappa shape index (κ1) is 8.23. The summed E-state index contributed by atoms with van der Waals surface area (Å²) in [4.78, 5) is 2.11. The molecule has 2 rings (SSSR count). The van der Waals surface area contributed by atoms with Crippen LogP contribution in [0.15, 0.2) is 12.1 Å². The molecule has 0 unspecified atom stereocenters. The molecule has 0 spiro atoms. The van der Waals surface area contributed by atoms with Gasteiger partial charge in [0.2, 0.25) is 0 Å². The number of benzene rings is 1. The van der Waals surface area contributed by atoms with Crippen LogP contribution in [0.1, 0.15) is 5.56 Å². The van der Waals surface area contributed by atoms with Crippen molar-refractivity contribution in [3.05, 3.63) is 17.7 Å². The predicted molar refractivity (Wildman–Crippen MR) is 51.6 cm³/mol. The number of likely N-dealkylation sites (N-methyl/N-ethyl adjacent to an activating group) is 1. The van der Waals surface area contributed by atoms with E-state index >= 15 is 0 Å². The Kier molecular flexibility index (Phi) is 1.79. The number of ether oxygens (including phenoxy) is 1. The fraction of sp³-hybridized carbons (Fsp3) is 0.400. The van der Waals surface area contributed by atoms with Crippen molar-refractivity contribution >= 4 is 5.69 Å². The summed E-state index contributed by atoms with van der Waals surface area (Å²) in [6, 6.07) is 3.65. The number of phenols is 1. The third kappa shape index (κ3) is 1.11. The molecule has 3 heteroatoms. The summed E-state index contributed by atoms with van der Waals surface area (Å²) in [5, 5.41) is 9.54. The van der Waals surface area contributed by atoms with Gasteiger partial charge in [0.15, 0.2) is 11.5 Å². The quantitative estimate of drug-likeness (QED) is 0.707. The maximum absolute atomic E-state index is 9.54. The zero-order valence-corrected chi connectivity index (χ0v) is 7.87. The van der Waals surface area contributed by atoms with E-state index in [1.165, 1.54) is 5.56 Å². The lowest BCUT2D eigenvalue weighted by atomic mass is 10.1. The monoisotopic (exact) mass is 179 g/mol. The topological polar surface area (TPSA) is 32.7 Å². The van der Waals surface area contributed by atoms with E-state index in [0.29, 0.717) is 5.75 Å². The summed E-state index contributed by atoms with van der Waals surface area (Å²) in [5.41, 5.74) is 2.28. The highest BCUT2D eigenvalue weighted by molar-refractivity contribution is 5.71.